The van der Waals surface area contributed by atoms with Crippen LogP contribution in [0.4, 0.5) is 0 Å². The van der Waals surface area contributed by atoms with Crippen LogP contribution in [0.3, 0.4) is 0 Å². The molecule has 2 fully saturated rings. The molecule has 1 N–H and O–H groups in total. The number of nitrogens with one attached hydrogen (secondary N) is 1. The van der Waals surface area contributed by atoms with E-state index in [2.05, 4.69) is 19.2 Å². The molecule has 2 saturated heterocycles. The molecule has 0 aromatic rings. The van der Waals surface area contributed by atoms with Crippen molar-refractivity contribution in [3.05, 3.63) is 0 Å². The normalized spacial score (nSPS) is 32.7. The third-order valence-electron chi connectivity index (χ3n) is 3.46. The van der Waals surface area contributed by atoms with Crippen LogP contribution in [0.2, 0.25) is 0 Å². The molecule has 6 heteroatoms. The standard InChI is InChI=1S/C11H21NO3S.ClH/c1-11(2)7-12-10(15-8-11)9-3-5-16(13,14)6-4-9;/h9-10,12H,3-8H2,1-2H3;1H. The largest absolute Gasteiger partial charge is 0.362 e. The molecular formula is C11H22ClNO3S. The van der Waals surface area contributed by atoms with Gasteiger partial charge in [0, 0.05) is 17.9 Å². The van der Waals surface area contributed by atoms with Crippen molar-refractivity contribution in [3.63, 3.8) is 0 Å². The van der Waals surface area contributed by atoms with E-state index in [4.69, 9.17) is 4.74 Å². The Hall–Kier alpha value is 0.160. The first-order valence-electron chi connectivity index (χ1n) is 5.93. The van der Waals surface area contributed by atoms with E-state index in [9.17, 15) is 8.42 Å². The Bertz CT molecular complexity index is 332. The van der Waals surface area contributed by atoms with Gasteiger partial charge in [-0.15, -0.1) is 12.4 Å². The van der Waals surface area contributed by atoms with Gasteiger partial charge >= 0.3 is 0 Å². The molecule has 1 unspecified atom stereocenters. The molecule has 2 aliphatic heterocycles. The van der Waals surface area contributed by atoms with Crippen molar-refractivity contribution in [2.75, 3.05) is 24.7 Å². The van der Waals surface area contributed by atoms with Crippen molar-refractivity contribution < 1.29 is 13.2 Å². The van der Waals surface area contributed by atoms with Gasteiger partial charge in [0.25, 0.3) is 0 Å². The van der Waals surface area contributed by atoms with Crippen molar-refractivity contribution in [2.45, 2.75) is 32.9 Å². The molecule has 4 nitrogen and oxygen atoms in total. The van der Waals surface area contributed by atoms with Crippen molar-refractivity contribution in [3.8, 4) is 0 Å². The molecule has 2 rings (SSSR count). The summed E-state index contributed by atoms with van der Waals surface area (Å²) in [5.41, 5.74) is 0.192. The highest BCUT2D eigenvalue weighted by molar-refractivity contribution is 7.91. The first-order valence-corrected chi connectivity index (χ1v) is 7.76. The average Bonchev–Trinajstić information content (AvgIpc) is 2.19. The van der Waals surface area contributed by atoms with Gasteiger partial charge in [0.05, 0.1) is 18.1 Å². The van der Waals surface area contributed by atoms with Gasteiger partial charge in [0.1, 0.15) is 16.1 Å². The first kappa shape index (κ1) is 15.2. The third kappa shape index (κ3) is 4.09. The summed E-state index contributed by atoms with van der Waals surface area (Å²) in [5, 5.41) is 3.39. The Morgan fingerprint density at radius 1 is 1.24 bits per heavy atom. The lowest BCUT2D eigenvalue weighted by Gasteiger charge is -2.40. The first-order chi connectivity index (χ1) is 7.38. The average molecular weight is 284 g/mol. The lowest BCUT2D eigenvalue weighted by atomic mass is 9.91. The van der Waals surface area contributed by atoms with Crippen LogP contribution < -0.4 is 5.32 Å². The number of ether oxygens (including phenoxy) is 1. The molecule has 0 aromatic heterocycles. The maximum absolute atomic E-state index is 11.3. The van der Waals surface area contributed by atoms with E-state index in [1.54, 1.807) is 0 Å². The Morgan fingerprint density at radius 3 is 2.29 bits per heavy atom. The minimum absolute atomic E-state index is 0. The Labute approximate surface area is 110 Å². The van der Waals surface area contributed by atoms with Crippen LogP contribution in [0.5, 0.6) is 0 Å². The van der Waals surface area contributed by atoms with Crippen molar-refractivity contribution in [1.29, 1.82) is 0 Å². The molecule has 17 heavy (non-hydrogen) atoms. The van der Waals surface area contributed by atoms with Crippen LogP contribution in [-0.2, 0) is 14.6 Å². The van der Waals surface area contributed by atoms with Gasteiger partial charge in [0.2, 0.25) is 0 Å². The molecule has 0 bridgehead atoms. The highest BCUT2D eigenvalue weighted by Gasteiger charge is 2.34. The smallest absolute Gasteiger partial charge is 0.150 e. The number of hydrogen-bond donors (Lipinski definition) is 1. The summed E-state index contributed by atoms with van der Waals surface area (Å²) in [6.07, 6.45) is 1.53. The fraction of sp³-hybridized carbons (Fsp3) is 1.00. The van der Waals surface area contributed by atoms with Gasteiger partial charge in [-0.25, -0.2) is 8.42 Å². The summed E-state index contributed by atoms with van der Waals surface area (Å²) in [7, 11) is -2.76. The van der Waals surface area contributed by atoms with E-state index in [1.165, 1.54) is 0 Å². The van der Waals surface area contributed by atoms with Crippen molar-refractivity contribution in [1.82, 2.24) is 5.32 Å². The second-order valence-electron chi connectivity index (χ2n) is 5.77. The second-order valence-corrected chi connectivity index (χ2v) is 8.07. The molecule has 0 aliphatic carbocycles. The fourth-order valence-electron chi connectivity index (χ4n) is 2.32. The van der Waals surface area contributed by atoms with E-state index < -0.39 is 9.84 Å². The summed E-state index contributed by atoms with van der Waals surface area (Å²) in [4.78, 5) is 0. The molecular weight excluding hydrogens is 262 g/mol. The van der Waals surface area contributed by atoms with Gasteiger partial charge < -0.3 is 4.74 Å². The van der Waals surface area contributed by atoms with Crippen molar-refractivity contribution >= 4 is 22.2 Å². The van der Waals surface area contributed by atoms with E-state index in [0.29, 0.717) is 17.4 Å². The predicted molar refractivity (Wildman–Crippen MR) is 70.1 cm³/mol. The summed E-state index contributed by atoms with van der Waals surface area (Å²) < 4.78 is 28.4. The third-order valence-corrected chi connectivity index (χ3v) is 5.18. The Kier molecular flexibility index (Phi) is 4.86. The minimum atomic E-state index is -2.76. The van der Waals surface area contributed by atoms with Crippen LogP contribution in [-0.4, -0.2) is 39.3 Å². The highest BCUT2D eigenvalue weighted by Crippen LogP contribution is 2.27. The maximum Gasteiger partial charge on any atom is 0.150 e. The lowest BCUT2D eigenvalue weighted by molar-refractivity contribution is -0.0865. The lowest BCUT2D eigenvalue weighted by Crippen LogP contribution is -2.52. The maximum atomic E-state index is 11.3. The van der Waals surface area contributed by atoms with Crippen LogP contribution in [0.15, 0.2) is 0 Å². The van der Waals surface area contributed by atoms with E-state index >= 15 is 0 Å². The Morgan fingerprint density at radius 2 is 1.82 bits per heavy atom. The SMILES string of the molecule is CC1(C)CNC(C2CCS(=O)(=O)CC2)OC1.Cl. The van der Waals surface area contributed by atoms with Gasteiger partial charge in [-0.2, -0.15) is 0 Å². The fourth-order valence-corrected chi connectivity index (χ4v) is 3.84. The molecule has 0 aromatic carbocycles. The quantitative estimate of drug-likeness (QED) is 0.786. The second kappa shape index (κ2) is 5.43. The van der Waals surface area contributed by atoms with Gasteiger partial charge in [-0.3, -0.25) is 5.32 Å². The zero-order valence-corrected chi connectivity index (χ0v) is 12.1. The molecule has 0 saturated carbocycles. The number of sulfone groups is 1. The molecule has 2 heterocycles. The molecule has 0 radical (unpaired) electrons. The number of rotatable bonds is 1. The van der Waals surface area contributed by atoms with E-state index in [0.717, 1.165) is 26.0 Å². The van der Waals surface area contributed by atoms with E-state index in [-0.39, 0.29) is 24.0 Å². The van der Waals surface area contributed by atoms with Gasteiger partial charge in [0.15, 0.2) is 0 Å². The topological polar surface area (TPSA) is 55.4 Å². The van der Waals surface area contributed by atoms with Crippen LogP contribution in [0, 0.1) is 11.3 Å². The van der Waals surface area contributed by atoms with Crippen molar-refractivity contribution in [2.24, 2.45) is 11.3 Å². The summed E-state index contributed by atoms with van der Waals surface area (Å²) in [6.45, 7) is 6.04. The van der Waals surface area contributed by atoms with Crippen LogP contribution >= 0.6 is 12.4 Å². The van der Waals surface area contributed by atoms with Crippen LogP contribution in [0.25, 0.3) is 0 Å². The summed E-state index contributed by atoms with van der Waals surface area (Å²) in [6, 6.07) is 0. The molecule has 0 spiro atoms. The summed E-state index contributed by atoms with van der Waals surface area (Å²) >= 11 is 0. The molecule has 2 aliphatic rings. The number of halogens is 1. The minimum Gasteiger partial charge on any atom is -0.362 e. The van der Waals surface area contributed by atoms with E-state index in [1.807, 2.05) is 0 Å². The van der Waals surface area contributed by atoms with Gasteiger partial charge in [-0.1, -0.05) is 13.8 Å². The molecule has 102 valence electrons. The zero-order chi connectivity index (χ0) is 11.8. The summed E-state index contributed by atoms with van der Waals surface area (Å²) in [5.74, 6) is 1.00. The monoisotopic (exact) mass is 283 g/mol. The van der Waals surface area contributed by atoms with Crippen LogP contribution in [0.1, 0.15) is 26.7 Å². The number of hydrogen-bond acceptors (Lipinski definition) is 4. The molecule has 1 atom stereocenters. The Balaban J connectivity index is 0.00000144. The highest BCUT2D eigenvalue weighted by atomic mass is 35.5. The molecule has 0 amide bonds. The van der Waals surface area contributed by atoms with Gasteiger partial charge in [-0.05, 0) is 12.8 Å². The zero-order valence-electron chi connectivity index (χ0n) is 10.4. The predicted octanol–water partition coefficient (Wildman–Crippen LogP) is 1.21.